The van der Waals surface area contributed by atoms with Gasteiger partial charge in [-0.2, -0.15) is 4.98 Å². The molecule has 0 aliphatic heterocycles. The molecule has 1 rings (SSSR count). The summed E-state index contributed by atoms with van der Waals surface area (Å²) in [6.07, 6.45) is 1.96. The second-order valence-electron chi connectivity index (χ2n) is 4.57. The third-order valence-corrected chi connectivity index (χ3v) is 2.64. The lowest BCUT2D eigenvalue weighted by Crippen LogP contribution is -2.24. The molecular weight excluding hydrogens is 252 g/mol. The van der Waals surface area contributed by atoms with Crippen LogP contribution in [0.4, 0.5) is 0 Å². The highest BCUT2D eigenvalue weighted by Gasteiger charge is 2.15. The Balaban J connectivity index is 2.35. The van der Waals surface area contributed by atoms with Crippen LogP contribution in [0.25, 0.3) is 0 Å². The number of rotatable bonds is 5. The number of aromatic nitrogens is 2. The molecule has 0 bridgehead atoms. The number of hydrogen-bond donors (Lipinski definition) is 0. The topological polar surface area (TPSA) is 61.3 Å². The zero-order valence-corrected chi connectivity index (χ0v) is 11.9. The fraction of sp³-hybridized carbons (Fsp3) is 0.583. The summed E-state index contributed by atoms with van der Waals surface area (Å²) in [6.45, 7) is 5.55. The van der Waals surface area contributed by atoms with Crippen molar-refractivity contribution >= 4 is 17.7 Å². The van der Waals surface area contributed by atoms with Gasteiger partial charge in [0.05, 0.1) is 13.5 Å². The van der Waals surface area contributed by atoms with Gasteiger partial charge in [0.15, 0.2) is 5.16 Å². The van der Waals surface area contributed by atoms with E-state index in [1.807, 2.05) is 20.8 Å². The van der Waals surface area contributed by atoms with Crippen molar-refractivity contribution in [3.05, 3.63) is 12.3 Å². The molecule has 0 radical (unpaired) electrons. The van der Waals surface area contributed by atoms with Gasteiger partial charge < -0.3 is 9.47 Å². The molecule has 0 spiro atoms. The number of ether oxygens (including phenoxy) is 2. The van der Waals surface area contributed by atoms with E-state index < -0.39 is 5.60 Å². The van der Waals surface area contributed by atoms with Gasteiger partial charge in [0.1, 0.15) is 5.60 Å². The predicted octanol–water partition coefficient (Wildman–Crippen LogP) is 2.31. The molecule has 0 saturated heterocycles. The van der Waals surface area contributed by atoms with Crippen LogP contribution in [0.1, 0.15) is 27.2 Å². The van der Waals surface area contributed by atoms with Gasteiger partial charge in [-0.15, -0.1) is 0 Å². The standard InChI is InChI=1S/C12H18N2O3S/c1-12(2,3)17-10(15)6-8-18-11-13-7-5-9(14-11)16-4/h5,7H,6,8H2,1-4H3. The van der Waals surface area contributed by atoms with Gasteiger partial charge in [-0.3, -0.25) is 4.79 Å². The Kier molecular flexibility index (Phi) is 5.40. The minimum absolute atomic E-state index is 0.210. The summed E-state index contributed by atoms with van der Waals surface area (Å²) in [6, 6.07) is 1.68. The van der Waals surface area contributed by atoms with Crippen molar-refractivity contribution in [2.24, 2.45) is 0 Å². The molecule has 0 saturated carbocycles. The predicted molar refractivity (Wildman–Crippen MR) is 69.8 cm³/mol. The molecule has 0 atom stereocenters. The third-order valence-electron chi connectivity index (χ3n) is 1.77. The Morgan fingerprint density at radius 3 is 2.78 bits per heavy atom. The quantitative estimate of drug-likeness (QED) is 0.465. The fourth-order valence-corrected chi connectivity index (χ4v) is 1.87. The number of carbonyl (C=O) groups is 1. The molecule has 100 valence electrons. The van der Waals surface area contributed by atoms with E-state index in [0.29, 0.717) is 23.2 Å². The summed E-state index contributed by atoms with van der Waals surface area (Å²) in [5.41, 5.74) is -0.436. The molecule has 0 unspecified atom stereocenters. The number of hydrogen-bond acceptors (Lipinski definition) is 6. The molecule has 0 aromatic carbocycles. The van der Waals surface area contributed by atoms with Gasteiger partial charge in [0.25, 0.3) is 0 Å². The van der Waals surface area contributed by atoms with Crippen molar-refractivity contribution in [2.45, 2.75) is 37.9 Å². The van der Waals surface area contributed by atoms with E-state index in [9.17, 15) is 4.79 Å². The minimum Gasteiger partial charge on any atom is -0.481 e. The molecule has 1 aromatic heterocycles. The summed E-state index contributed by atoms with van der Waals surface area (Å²) < 4.78 is 10.2. The molecule has 5 nitrogen and oxygen atoms in total. The molecule has 1 heterocycles. The Morgan fingerprint density at radius 1 is 1.44 bits per heavy atom. The van der Waals surface area contributed by atoms with Gasteiger partial charge in [0.2, 0.25) is 5.88 Å². The Bertz CT molecular complexity index is 405. The first-order chi connectivity index (χ1) is 8.40. The summed E-state index contributed by atoms with van der Waals surface area (Å²) in [4.78, 5) is 19.7. The summed E-state index contributed by atoms with van der Waals surface area (Å²) in [5, 5.41) is 0.595. The van der Waals surface area contributed by atoms with Crippen molar-refractivity contribution in [3.63, 3.8) is 0 Å². The number of methoxy groups -OCH3 is 1. The first kappa shape index (κ1) is 14.8. The summed E-state index contributed by atoms with van der Waals surface area (Å²) >= 11 is 1.40. The molecule has 0 fully saturated rings. The van der Waals surface area contributed by atoms with Crippen LogP contribution >= 0.6 is 11.8 Å². The van der Waals surface area contributed by atoms with Crippen molar-refractivity contribution in [1.82, 2.24) is 9.97 Å². The molecule has 0 aliphatic rings. The normalized spacial score (nSPS) is 11.1. The third kappa shape index (κ3) is 5.86. The molecule has 18 heavy (non-hydrogen) atoms. The first-order valence-electron chi connectivity index (χ1n) is 5.62. The highest BCUT2D eigenvalue weighted by atomic mass is 32.2. The van der Waals surface area contributed by atoms with E-state index in [2.05, 4.69) is 9.97 Å². The Labute approximate surface area is 111 Å². The van der Waals surface area contributed by atoms with E-state index >= 15 is 0 Å². The van der Waals surface area contributed by atoms with Gasteiger partial charge in [-0.25, -0.2) is 4.98 Å². The van der Waals surface area contributed by atoms with Crippen molar-refractivity contribution < 1.29 is 14.3 Å². The van der Waals surface area contributed by atoms with Crippen LogP contribution in [-0.4, -0.2) is 34.4 Å². The molecule has 0 aliphatic carbocycles. The minimum atomic E-state index is -0.436. The number of carbonyl (C=O) groups excluding carboxylic acids is 1. The van der Waals surface area contributed by atoms with E-state index in [-0.39, 0.29) is 5.97 Å². The van der Waals surface area contributed by atoms with Crippen LogP contribution in [-0.2, 0) is 9.53 Å². The average molecular weight is 270 g/mol. The zero-order valence-electron chi connectivity index (χ0n) is 11.1. The molecular formula is C12H18N2O3S. The van der Waals surface area contributed by atoms with Crippen LogP contribution in [0, 0.1) is 0 Å². The highest BCUT2D eigenvalue weighted by molar-refractivity contribution is 7.99. The maximum Gasteiger partial charge on any atom is 0.307 e. The van der Waals surface area contributed by atoms with Gasteiger partial charge in [0, 0.05) is 18.0 Å². The highest BCUT2D eigenvalue weighted by Crippen LogP contribution is 2.17. The zero-order chi connectivity index (χ0) is 13.6. The summed E-state index contributed by atoms with van der Waals surface area (Å²) in [7, 11) is 1.55. The lowest BCUT2D eigenvalue weighted by molar-refractivity contribution is -0.154. The van der Waals surface area contributed by atoms with E-state index in [0.717, 1.165) is 0 Å². The Morgan fingerprint density at radius 2 is 2.17 bits per heavy atom. The fourth-order valence-electron chi connectivity index (χ4n) is 1.13. The monoisotopic (exact) mass is 270 g/mol. The second kappa shape index (κ2) is 6.58. The molecule has 0 N–H and O–H groups in total. The molecule has 0 amide bonds. The summed E-state index contributed by atoms with van der Waals surface area (Å²) in [5.74, 6) is 0.893. The van der Waals surface area contributed by atoms with Crippen LogP contribution in [0.5, 0.6) is 5.88 Å². The number of esters is 1. The van der Waals surface area contributed by atoms with Crippen LogP contribution in [0.3, 0.4) is 0 Å². The average Bonchev–Trinajstić information content (AvgIpc) is 2.27. The Hall–Kier alpha value is -1.30. The van der Waals surface area contributed by atoms with Crippen LogP contribution in [0.15, 0.2) is 17.4 Å². The van der Waals surface area contributed by atoms with Gasteiger partial charge in [-0.1, -0.05) is 11.8 Å². The SMILES string of the molecule is COc1ccnc(SCCC(=O)OC(C)(C)C)n1. The number of thioether (sulfide) groups is 1. The van der Waals surface area contributed by atoms with Crippen molar-refractivity contribution in [1.29, 1.82) is 0 Å². The second-order valence-corrected chi connectivity index (χ2v) is 5.63. The largest absolute Gasteiger partial charge is 0.481 e. The maximum absolute atomic E-state index is 11.5. The van der Waals surface area contributed by atoms with E-state index in [4.69, 9.17) is 9.47 Å². The van der Waals surface area contributed by atoms with Crippen molar-refractivity contribution in [3.8, 4) is 5.88 Å². The molecule has 6 heteroatoms. The smallest absolute Gasteiger partial charge is 0.307 e. The van der Waals surface area contributed by atoms with Crippen LogP contribution in [0.2, 0.25) is 0 Å². The molecule has 1 aromatic rings. The van der Waals surface area contributed by atoms with E-state index in [1.165, 1.54) is 11.8 Å². The van der Waals surface area contributed by atoms with Gasteiger partial charge in [-0.05, 0) is 20.8 Å². The lowest BCUT2D eigenvalue weighted by atomic mass is 10.2. The van der Waals surface area contributed by atoms with Crippen LogP contribution < -0.4 is 4.74 Å². The maximum atomic E-state index is 11.5. The number of nitrogens with zero attached hydrogens (tertiary/aromatic N) is 2. The first-order valence-corrected chi connectivity index (χ1v) is 6.61. The van der Waals surface area contributed by atoms with Gasteiger partial charge >= 0.3 is 5.97 Å². The van der Waals surface area contributed by atoms with Crippen molar-refractivity contribution in [2.75, 3.05) is 12.9 Å². The van der Waals surface area contributed by atoms with E-state index in [1.54, 1.807) is 19.4 Å². The lowest BCUT2D eigenvalue weighted by Gasteiger charge is -2.19.